The van der Waals surface area contributed by atoms with Gasteiger partial charge in [0.05, 0.1) is 32.8 Å². The predicted octanol–water partition coefficient (Wildman–Crippen LogP) is 2.36. The number of methoxy groups -OCH3 is 2. The van der Waals surface area contributed by atoms with Crippen molar-refractivity contribution in [1.29, 1.82) is 0 Å². The van der Waals surface area contributed by atoms with Gasteiger partial charge in [-0.2, -0.15) is 0 Å². The predicted molar refractivity (Wildman–Crippen MR) is 108 cm³/mol. The Morgan fingerprint density at radius 3 is 2.40 bits per heavy atom. The second kappa shape index (κ2) is 11.2. The molecule has 1 rings (SSSR count). The highest BCUT2D eigenvalue weighted by Crippen LogP contribution is 2.49. The molecule has 1 N–H and O–H groups in total. The monoisotopic (exact) mass is 426 g/mol. The van der Waals surface area contributed by atoms with E-state index in [1.807, 2.05) is 0 Å². The summed E-state index contributed by atoms with van der Waals surface area (Å²) in [7, 11) is 2.28. The van der Waals surface area contributed by atoms with Crippen molar-refractivity contribution in [2.45, 2.75) is 64.9 Å². The van der Waals surface area contributed by atoms with Crippen molar-refractivity contribution >= 4 is 23.7 Å². The fourth-order valence-electron chi connectivity index (χ4n) is 3.95. The fourth-order valence-corrected chi connectivity index (χ4v) is 3.95. The Balaban J connectivity index is 3.35. The van der Waals surface area contributed by atoms with Crippen molar-refractivity contribution in [3.05, 3.63) is 12.2 Å². The van der Waals surface area contributed by atoms with Crippen LogP contribution >= 0.6 is 0 Å². The lowest BCUT2D eigenvalue weighted by molar-refractivity contribution is -0.166. The van der Waals surface area contributed by atoms with E-state index in [-0.39, 0.29) is 13.0 Å². The van der Waals surface area contributed by atoms with Crippen molar-refractivity contribution in [2.75, 3.05) is 20.8 Å². The van der Waals surface area contributed by atoms with Crippen molar-refractivity contribution in [3.63, 3.8) is 0 Å². The summed E-state index contributed by atoms with van der Waals surface area (Å²) in [5, 5.41) is 10.6. The number of hydrogen-bond acceptors (Lipinski definition) is 8. The number of ketones is 1. The van der Waals surface area contributed by atoms with Crippen LogP contribution in [0, 0.1) is 17.3 Å². The molecule has 4 atom stereocenters. The number of aliphatic hydroxyl groups is 1. The largest absolute Gasteiger partial charge is 0.468 e. The molecule has 30 heavy (non-hydrogen) atoms. The molecule has 1 fully saturated rings. The lowest BCUT2D eigenvalue weighted by Gasteiger charge is -2.29. The van der Waals surface area contributed by atoms with Crippen LogP contribution in [0.2, 0.25) is 0 Å². The molecule has 2 unspecified atom stereocenters. The second-order valence-electron chi connectivity index (χ2n) is 7.90. The topological polar surface area (TPSA) is 116 Å². The average Bonchev–Trinajstić information content (AvgIpc) is 2.98. The highest BCUT2D eigenvalue weighted by Gasteiger charge is 2.62. The molecule has 0 saturated heterocycles. The first-order valence-corrected chi connectivity index (χ1v) is 10.4. The molecule has 8 heteroatoms. The number of carbonyl (C=O) groups is 4. The number of allylic oxidation sites excluding steroid dienone is 1. The third-order valence-electron chi connectivity index (χ3n) is 5.62. The van der Waals surface area contributed by atoms with Crippen LogP contribution in [-0.4, -0.2) is 55.2 Å². The van der Waals surface area contributed by atoms with E-state index in [1.165, 1.54) is 6.08 Å². The zero-order chi connectivity index (χ0) is 22.9. The molecular weight excluding hydrogens is 392 g/mol. The van der Waals surface area contributed by atoms with Crippen molar-refractivity contribution in [1.82, 2.24) is 0 Å². The number of ether oxygens (including phenoxy) is 3. The van der Waals surface area contributed by atoms with Crippen LogP contribution in [0.15, 0.2) is 12.2 Å². The van der Waals surface area contributed by atoms with Gasteiger partial charge in [0.1, 0.15) is 11.3 Å². The second-order valence-corrected chi connectivity index (χ2v) is 7.90. The summed E-state index contributed by atoms with van der Waals surface area (Å²) in [5.41, 5.74) is -3.07. The quantitative estimate of drug-likeness (QED) is 0.176. The molecule has 0 bridgehead atoms. The van der Waals surface area contributed by atoms with Gasteiger partial charge in [-0.1, -0.05) is 38.3 Å². The Bertz CT molecular complexity index is 666. The lowest BCUT2D eigenvalue weighted by atomic mass is 9.73. The summed E-state index contributed by atoms with van der Waals surface area (Å²) in [6.07, 6.45) is 5.78. The summed E-state index contributed by atoms with van der Waals surface area (Å²) >= 11 is 0. The Hall–Kier alpha value is -2.22. The molecule has 0 radical (unpaired) electrons. The van der Waals surface area contributed by atoms with Crippen LogP contribution in [-0.2, 0) is 33.4 Å². The number of unbranched alkanes of at least 4 members (excludes halogenated alkanes) is 2. The molecule has 1 saturated carbocycles. The molecule has 0 aromatic heterocycles. The standard InChI is InChI=1S/C22H34O8/c1-6-8-9-11-21(3,27)12-10-15-13-16(19(25)28-4)18(24)22(15,20(26)29-5)14-17(23)30-7-2/h10,12,15-16,27H,6-9,11,13-14H2,1-5H3/t15?,16-,21?,22-/m1/s1. The molecule has 0 heterocycles. The van der Waals surface area contributed by atoms with Crippen molar-refractivity contribution < 1.29 is 38.5 Å². The van der Waals surface area contributed by atoms with Crippen LogP contribution in [0.3, 0.4) is 0 Å². The minimum absolute atomic E-state index is 0.0262. The molecule has 8 nitrogen and oxygen atoms in total. The third kappa shape index (κ3) is 5.90. The molecule has 0 amide bonds. The summed E-state index contributed by atoms with van der Waals surface area (Å²) in [5.74, 6) is -5.19. The first-order valence-electron chi connectivity index (χ1n) is 10.4. The first kappa shape index (κ1) is 25.8. The van der Waals surface area contributed by atoms with Crippen LogP contribution in [0.1, 0.15) is 59.3 Å². The average molecular weight is 427 g/mol. The maximum atomic E-state index is 13.2. The van der Waals surface area contributed by atoms with Gasteiger partial charge in [-0.25, -0.2) is 0 Å². The number of rotatable bonds is 11. The summed E-state index contributed by atoms with van der Waals surface area (Å²) < 4.78 is 14.6. The van der Waals surface area contributed by atoms with Crippen LogP contribution in [0.25, 0.3) is 0 Å². The maximum Gasteiger partial charge on any atom is 0.320 e. The minimum Gasteiger partial charge on any atom is -0.468 e. The summed E-state index contributed by atoms with van der Waals surface area (Å²) in [6.45, 7) is 5.39. The van der Waals surface area contributed by atoms with Crippen LogP contribution < -0.4 is 0 Å². The van der Waals surface area contributed by atoms with E-state index in [0.717, 1.165) is 33.5 Å². The molecule has 1 aliphatic carbocycles. The third-order valence-corrected chi connectivity index (χ3v) is 5.62. The first-order chi connectivity index (χ1) is 14.1. The lowest BCUT2D eigenvalue weighted by Crippen LogP contribution is -2.45. The van der Waals surface area contributed by atoms with E-state index >= 15 is 0 Å². The zero-order valence-electron chi connectivity index (χ0n) is 18.6. The van der Waals surface area contributed by atoms with Gasteiger partial charge < -0.3 is 19.3 Å². The van der Waals surface area contributed by atoms with Crippen LogP contribution in [0.4, 0.5) is 0 Å². The molecule has 0 spiro atoms. The van der Waals surface area contributed by atoms with Crippen LogP contribution in [0.5, 0.6) is 0 Å². The SMILES string of the molecule is CCCCCC(C)(O)C=CC1C[C@@H](C(=O)OC)C(=O)[C@]1(CC(=O)OCC)C(=O)OC. The van der Waals surface area contributed by atoms with E-state index in [2.05, 4.69) is 6.92 Å². The van der Waals surface area contributed by atoms with Crippen molar-refractivity contribution in [3.8, 4) is 0 Å². The molecule has 170 valence electrons. The van der Waals surface area contributed by atoms with E-state index < -0.39 is 53.0 Å². The smallest absolute Gasteiger partial charge is 0.320 e. The van der Waals surface area contributed by atoms with Gasteiger partial charge >= 0.3 is 17.9 Å². The number of esters is 3. The highest BCUT2D eigenvalue weighted by atomic mass is 16.5. The van der Waals surface area contributed by atoms with Gasteiger partial charge in [-0.3, -0.25) is 19.2 Å². The Labute approximate surface area is 177 Å². The Kier molecular flexibility index (Phi) is 9.68. The van der Waals surface area contributed by atoms with E-state index in [0.29, 0.717) is 6.42 Å². The summed E-state index contributed by atoms with van der Waals surface area (Å²) in [6, 6.07) is 0. The van der Waals surface area contributed by atoms with Gasteiger partial charge in [0.15, 0.2) is 5.78 Å². The molecular formula is C22H34O8. The van der Waals surface area contributed by atoms with Gasteiger partial charge in [0, 0.05) is 5.92 Å². The van der Waals surface area contributed by atoms with Gasteiger partial charge in [0.2, 0.25) is 0 Å². The highest BCUT2D eigenvalue weighted by molar-refractivity contribution is 6.15. The summed E-state index contributed by atoms with van der Waals surface area (Å²) in [4.78, 5) is 50.4. The van der Waals surface area contributed by atoms with E-state index in [4.69, 9.17) is 14.2 Å². The molecule has 0 aromatic rings. The fraction of sp³-hybridized carbons (Fsp3) is 0.727. The molecule has 1 aliphatic rings. The normalized spacial score (nSPS) is 25.7. The molecule has 0 aliphatic heterocycles. The van der Waals surface area contributed by atoms with E-state index in [1.54, 1.807) is 19.9 Å². The Morgan fingerprint density at radius 1 is 1.20 bits per heavy atom. The van der Waals surface area contributed by atoms with Gasteiger partial charge in [-0.05, 0) is 26.7 Å². The number of carbonyl (C=O) groups excluding carboxylic acids is 4. The van der Waals surface area contributed by atoms with Crippen molar-refractivity contribution in [2.24, 2.45) is 17.3 Å². The van der Waals surface area contributed by atoms with E-state index in [9.17, 15) is 24.3 Å². The van der Waals surface area contributed by atoms with Gasteiger partial charge in [-0.15, -0.1) is 0 Å². The number of hydrogen-bond donors (Lipinski definition) is 1. The Morgan fingerprint density at radius 2 is 1.87 bits per heavy atom. The molecule has 0 aromatic carbocycles. The number of Topliss-reactive ketones (excluding diaryl/α,β-unsaturated/α-hetero) is 1. The zero-order valence-corrected chi connectivity index (χ0v) is 18.6. The minimum atomic E-state index is -1.91. The maximum absolute atomic E-state index is 13.2. The van der Waals surface area contributed by atoms with Gasteiger partial charge in [0.25, 0.3) is 0 Å².